The van der Waals surface area contributed by atoms with Crippen LogP contribution in [0.4, 0.5) is 5.69 Å². The van der Waals surface area contributed by atoms with E-state index in [4.69, 9.17) is 0 Å². The standard InChI is InChI=1S/C18H18N4O5S/c1-10-5-6-12(28(4,26)27)8-13(10)16(23)20-11-7-14-15(19-9-11)21(2)18(25)22(3)17(14)24/h5-9H,1-4H3,(H,20,23). The van der Waals surface area contributed by atoms with Crippen LogP contribution in [0, 0.1) is 6.92 Å². The number of rotatable bonds is 3. The van der Waals surface area contributed by atoms with Crippen molar-refractivity contribution in [3.63, 3.8) is 0 Å². The van der Waals surface area contributed by atoms with Crippen molar-refractivity contribution < 1.29 is 13.2 Å². The minimum absolute atomic E-state index is 0.0313. The van der Waals surface area contributed by atoms with Gasteiger partial charge >= 0.3 is 5.69 Å². The zero-order valence-corrected chi connectivity index (χ0v) is 16.5. The third-order valence-electron chi connectivity index (χ3n) is 4.43. The molecule has 0 saturated heterocycles. The Balaban J connectivity index is 2.05. The second-order valence-corrected chi connectivity index (χ2v) is 8.52. The highest BCUT2D eigenvalue weighted by atomic mass is 32.2. The summed E-state index contributed by atoms with van der Waals surface area (Å²) in [5, 5.41) is 2.79. The molecule has 0 spiro atoms. The van der Waals surface area contributed by atoms with Crippen molar-refractivity contribution in [3.8, 4) is 0 Å². The highest BCUT2D eigenvalue weighted by Gasteiger charge is 2.16. The van der Waals surface area contributed by atoms with E-state index in [-0.39, 0.29) is 27.2 Å². The van der Waals surface area contributed by atoms with E-state index in [1.807, 2.05) is 0 Å². The maximum atomic E-state index is 12.7. The van der Waals surface area contributed by atoms with E-state index in [1.165, 1.54) is 43.1 Å². The molecule has 0 radical (unpaired) electrons. The molecular formula is C18H18N4O5S. The number of nitrogens with one attached hydrogen (secondary N) is 1. The molecule has 0 aliphatic carbocycles. The van der Waals surface area contributed by atoms with Gasteiger partial charge in [-0.05, 0) is 30.7 Å². The van der Waals surface area contributed by atoms with E-state index in [9.17, 15) is 22.8 Å². The molecule has 0 fully saturated rings. The van der Waals surface area contributed by atoms with Gasteiger partial charge in [-0.2, -0.15) is 0 Å². The number of carbonyl (C=O) groups is 1. The molecular weight excluding hydrogens is 384 g/mol. The summed E-state index contributed by atoms with van der Waals surface area (Å²) < 4.78 is 25.7. The molecule has 2 aromatic heterocycles. The van der Waals surface area contributed by atoms with Crippen LogP contribution in [0.3, 0.4) is 0 Å². The third kappa shape index (κ3) is 3.33. The van der Waals surface area contributed by atoms with E-state index < -0.39 is 27.0 Å². The molecule has 1 aromatic carbocycles. The van der Waals surface area contributed by atoms with Crippen molar-refractivity contribution >= 4 is 32.5 Å². The number of amides is 1. The Bertz CT molecular complexity index is 1350. The fourth-order valence-corrected chi connectivity index (χ4v) is 3.46. The van der Waals surface area contributed by atoms with E-state index in [0.29, 0.717) is 5.56 Å². The van der Waals surface area contributed by atoms with Gasteiger partial charge in [0.15, 0.2) is 9.84 Å². The summed E-state index contributed by atoms with van der Waals surface area (Å²) in [6.45, 7) is 1.69. The summed E-state index contributed by atoms with van der Waals surface area (Å²) in [4.78, 5) is 41.1. The average molecular weight is 402 g/mol. The molecule has 0 aliphatic heterocycles. The normalized spacial score (nSPS) is 11.6. The molecule has 3 aromatic rings. The average Bonchev–Trinajstić information content (AvgIpc) is 2.63. The molecule has 0 aliphatic rings. The summed E-state index contributed by atoms with van der Waals surface area (Å²) in [5.41, 5.74) is 0.194. The van der Waals surface area contributed by atoms with Gasteiger partial charge in [-0.1, -0.05) is 6.07 Å². The first-order valence-corrected chi connectivity index (χ1v) is 10.1. The number of anilines is 1. The summed E-state index contributed by atoms with van der Waals surface area (Å²) in [6, 6.07) is 5.72. The molecule has 1 N–H and O–H groups in total. The van der Waals surface area contributed by atoms with Crippen LogP contribution >= 0.6 is 0 Å². The lowest BCUT2D eigenvalue weighted by Gasteiger charge is -2.11. The number of benzene rings is 1. The molecule has 9 nitrogen and oxygen atoms in total. The van der Waals surface area contributed by atoms with Crippen molar-refractivity contribution in [2.75, 3.05) is 11.6 Å². The molecule has 10 heteroatoms. The van der Waals surface area contributed by atoms with Gasteiger partial charge in [0.05, 0.1) is 22.2 Å². The molecule has 0 saturated carbocycles. The number of sulfone groups is 1. The lowest BCUT2D eigenvalue weighted by atomic mass is 10.1. The zero-order valence-electron chi connectivity index (χ0n) is 15.7. The number of nitrogens with zero attached hydrogens (tertiary/aromatic N) is 3. The van der Waals surface area contributed by atoms with Crippen LogP contribution in [-0.4, -0.2) is 34.7 Å². The molecule has 146 valence electrons. The van der Waals surface area contributed by atoms with Gasteiger partial charge in [-0.25, -0.2) is 18.2 Å². The fourth-order valence-electron chi connectivity index (χ4n) is 2.81. The van der Waals surface area contributed by atoms with Gasteiger partial charge in [0.2, 0.25) is 0 Å². The lowest BCUT2D eigenvalue weighted by Crippen LogP contribution is -2.37. The SMILES string of the molecule is Cc1ccc(S(C)(=O)=O)cc1C(=O)Nc1cnc2c(c1)c(=O)n(C)c(=O)n2C. The Morgan fingerprint density at radius 2 is 1.79 bits per heavy atom. The molecule has 0 bridgehead atoms. The molecule has 1 amide bonds. The molecule has 2 heterocycles. The van der Waals surface area contributed by atoms with Crippen molar-refractivity contribution in [1.29, 1.82) is 0 Å². The molecule has 0 unspecified atom stereocenters. The molecule has 0 atom stereocenters. The van der Waals surface area contributed by atoms with Crippen LogP contribution in [-0.2, 0) is 23.9 Å². The highest BCUT2D eigenvalue weighted by Crippen LogP contribution is 2.18. The number of hydrogen-bond acceptors (Lipinski definition) is 6. The van der Waals surface area contributed by atoms with Gasteiger partial charge < -0.3 is 5.32 Å². The van der Waals surface area contributed by atoms with Crippen LogP contribution in [0.2, 0.25) is 0 Å². The van der Waals surface area contributed by atoms with Gasteiger partial charge in [-0.3, -0.25) is 18.7 Å². The number of fused-ring (bicyclic) bond motifs is 1. The second kappa shape index (κ2) is 6.71. The van der Waals surface area contributed by atoms with Gasteiger partial charge in [0.25, 0.3) is 11.5 Å². The van der Waals surface area contributed by atoms with E-state index in [1.54, 1.807) is 13.0 Å². The van der Waals surface area contributed by atoms with Crippen LogP contribution in [0.15, 0.2) is 44.9 Å². The van der Waals surface area contributed by atoms with Crippen LogP contribution < -0.4 is 16.6 Å². The monoisotopic (exact) mass is 402 g/mol. The van der Waals surface area contributed by atoms with E-state index >= 15 is 0 Å². The quantitative estimate of drug-likeness (QED) is 0.685. The number of carbonyl (C=O) groups excluding carboxylic acids is 1. The number of hydrogen-bond donors (Lipinski definition) is 1. The Hall–Kier alpha value is -3.27. The topological polar surface area (TPSA) is 120 Å². The number of aryl methyl sites for hydroxylation is 2. The van der Waals surface area contributed by atoms with Crippen molar-refractivity contribution in [1.82, 2.24) is 14.1 Å². The second-order valence-electron chi connectivity index (χ2n) is 6.50. The first kappa shape index (κ1) is 19.5. The maximum absolute atomic E-state index is 12.7. The number of pyridine rings is 1. The predicted octanol–water partition coefficient (Wildman–Crippen LogP) is 0.596. The van der Waals surface area contributed by atoms with Crippen LogP contribution in [0.5, 0.6) is 0 Å². The van der Waals surface area contributed by atoms with Gasteiger partial charge in [0, 0.05) is 25.9 Å². The summed E-state index contributed by atoms with van der Waals surface area (Å²) in [6.07, 6.45) is 2.39. The fraction of sp³-hybridized carbons (Fsp3) is 0.222. The van der Waals surface area contributed by atoms with Crippen LogP contribution in [0.1, 0.15) is 15.9 Å². The lowest BCUT2D eigenvalue weighted by molar-refractivity contribution is 0.102. The minimum Gasteiger partial charge on any atom is -0.321 e. The zero-order chi connectivity index (χ0) is 20.8. The first-order chi connectivity index (χ1) is 13.0. The predicted molar refractivity (Wildman–Crippen MR) is 104 cm³/mol. The third-order valence-corrected chi connectivity index (χ3v) is 5.54. The van der Waals surface area contributed by atoms with Crippen molar-refractivity contribution in [2.24, 2.45) is 14.1 Å². The Morgan fingerprint density at radius 1 is 1.11 bits per heavy atom. The van der Waals surface area contributed by atoms with Crippen molar-refractivity contribution in [3.05, 3.63) is 62.4 Å². The van der Waals surface area contributed by atoms with E-state index in [2.05, 4.69) is 10.3 Å². The summed E-state index contributed by atoms with van der Waals surface area (Å²) in [7, 11) is -0.613. The largest absolute Gasteiger partial charge is 0.332 e. The molecule has 28 heavy (non-hydrogen) atoms. The van der Waals surface area contributed by atoms with Crippen LogP contribution in [0.25, 0.3) is 11.0 Å². The first-order valence-electron chi connectivity index (χ1n) is 8.18. The van der Waals surface area contributed by atoms with E-state index in [0.717, 1.165) is 10.8 Å². The minimum atomic E-state index is -3.47. The summed E-state index contributed by atoms with van der Waals surface area (Å²) >= 11 is 0. The Labute approximate surface area is 160 Å². The van der Waals surface area contributed by atoms with Crippen molar-refractivity contribution in [2.45, 2.75) is 11.8 Å². The Morgan fingerprint density at radius 3 is 2.43 bits per heavy atom. The number of aromatic nitrogens is 3. The smallest absolute Gasteiger partial charge is 0.321 e. The summed E-state index contributed by atoms with van der Waals surface area (Å²) in [5.74, 6) is -0.536. The van der Waals surface area contributed by atoms with Gasteiger partial charge in [0.1, 0.15) is 5.65 Å². The highest BCUT2D eigenvalue weighted by molar-refractivity contribution is 7.90. The Kier molecular flexibility index (Phi) is 4.67. The van der Waals surface area contributed by atoms with Gasteiger partial charge in [-0.15, -0.1) is 0 Å². The molecule has 3 rings (SSSR count). The maximum Gasteiger partial charge on any atom is 0.332 e.